The monoisotopic (exact) mass is 512 g/mol. The van der Waals surface area contributed by atoms with Crippen LogP contribution in [0.1, 0.15) is 18.4 Å². The van der Waals surface area contributed by atoms with Crippen molar-refractivity contribution >= 4 is 46.3 Å². The summed E-state index contributed by atoms with van der Waals surface area (Å²) in [5, 5.41) is 7.17. The predicted octanol–water partition coefficient (Wildman–Crippen LogP) is 3.80. The number of methoxy groups -OCH3 is 1. The summed E-state index contributed by atoms with van der Waals surface area (Å²) in [5.41, 5.74) is 1.65. The number of nitrogens with one attached hydrogen (secondary N) is 1. The van der Waals surface area contributed by atoms with Crippen LogP contribution in [0.15, 0.2) is 46.8 Å². The van der Waals surface area contributed by atoms with Crippen LogP contribution in [-0.4, -0.2) is 57.7 Å². The Labute approximate surface area is 188 Å². The Morgan fingerprint density at radius 1 is 1.14 bits per heavy atom. The maximum Gasteiger partial charge on any atom is 0.193 e. The molecule has 2 fully saturated rings. The minimum atomic E-state index is 0. The lowest BCUT2D eigenvalue weighted by molar-refractivity contribution is 0.371. The fraction of sp³-hybridized carbons (Fsp3) is 0.476. The molecule has 0 atom stereocenters. The van der Waals surface area contributed by atoms with E-state index in [1.165, 1.54) is 23.4 Å². The molecule has 0 spiro atoms. The van der Waals surface area contributed by atoms with Gasteiger partial charge in [0.1, 0.15) is 5.75 Å². The van der Waals surface area contributed by atoms with Gasteiger partial charge in [0.15, 0.2) is 5.96 Å². The van der Waals surface area contributed by atoms with Crippen molar-refractivity contribution in [1.82, 2.24) is 10.2 Å². The summed E-state index contributed by atoms with van der Waals surface area (Å²) in [5.74, 6) is 1.95. The van der Waals surface area contributed by atoms with Crippen LogP contribution in [0.2, 0.25) is 0 Å². The molecule has 4 rings (SSSR count). The lowest BCUT2D eigenvalue weighted by atomic mass is 9.96. The summed E-state index contributed by atoms with van der Waals surface area (Å²) in [6.45, 7) is 5.05. The molecule has 1 N–H and O–H groups in total. The Morgan fingerprint density at radius 3 is 2.39 bits per heavy atom. The van der Waals surface area contributed by atoms with Crippen LogP contribution < -0.4 is 15.0 Å². The second-order valence-electron chi connectivity index (χ2n) is 7.33. The Bertz CT molecular complexity index is 766. The summed E-state index contributed by atoms with van der Waals surface area (Å²) in [6.07, 6.45) is 2.46. The predicted molar refractivity (Wildman–Crippen MR) is 129 cm³/mol. The Morgan fingerprint density at radius 2 is 1.86 bits per heavy atom. The van der Waals surface area contributed by atoms with E-state index >= 15 is 0 Å². The first kappa shape index (κ1) is 21.2. The minimum Gasteiger partial charge on any atom is -0.497 e. The van der Waals surface area contributed by atoms with E-state index in [4.69, 9.17) is 4.74 Å². The zero-order valence-corrected chi connectivity index (χ0v) is 19.7. The van der Waals surface area contributed by atoms with Crippen molar-refractivity contribution in [2.45, 2.75) is 18.3 Å². The van der Waals surface area contributed by atoms with Gasteiger partial charge in [-0.2, -0.15) is 0 Å². The maximum atomic E-state index is 5.29. The van der Waals surface area contributed by atoms with Gasteiger partial charge in [-0.3, -0.25) is 4.99 Å². The third-order valence-corrected chi connectivity index (χ3v) is 6.68. The number of aliphatic imine (C=N–C) groups is 1. The molecule has 152 valence electrons. The molecule has 0 radical (unpaired) electrons. The van der Waals surface area contributed by atoms with Crippen molar-refractivity contribution in [2.24, 2.45) is 4.99 Å². The van der Waals surface area contributed by atoms with Crippen LogP contribution in [0.4, 0.5) is 5.00 Å². The largest absolute Gasteiger partial charge is 0.497 e. The molecule has 2 heterocycles. The Balaban J connectivity index is 0.00000225. The second kappa shape index (κ2) is 9.35. The van der Waals surface area contributed by atoms with E-state index in [2.05, 4.69) is 61.9 Å². The first-order valence-electron chi connectivity index (χ1n) is 9.63. The van der Waals surface area contributed by atoms with Crippen LogP contribution in [0.3, 0.4) is 0 Å². The molecular formula is C21H29IN4OS. The number of hydrogen-bond donors (Lipinski definition) is 1. The molecule has 1 aliphatic heterocycles. The highest BCUT2D eigenvalue weighted by Gasteiger charge is 2.44. The van der Waals surface area contributed by atoms with Gasteiger partial charge in [-0.05, 0) is 48.1 Å². The average Bonchev–Trinajstić information content (AvgIpc) is 3.31. The highest BCUT2D eigenvalue weighted by atomic mass is 127. The van der Waals surface area contributed by atoms with Crippen molar-refractivity contribution < 1.29 is 4.74 Å². The molecule has 5 nitrogen and oxygen atoms in total. The van der Waals surface area contributed by atoms with E-state index in [1.54, 1.807) is 7.11 Å². The highest BCUT2D eigenvalue weighted by molar-refractivity contribution is 14.0. The van der Waals surface area contributed by atoms with E-state index in [1.807, 2.05) is 18.4 Å². The molecule has 2 aromatic rings. The molecule has 1 aliphatic carbocycles. The zero-order chi connectivity index (χ0) is 18.7. The standard InChI is InChI=1S/C21H28N4OS.HI/c1-22-20(25-13-11-24(12-14-25)19-4-3-15-27-19)23-16-21(9-10-21)17-5-7-18(26-2)8-6-17;/h3-8,15H,9-14,16H2,1-2H3,(H,22,23);1H. The van der Waals surface area contributed by atoms with Gasteiger partial charge in [0, 0.05) is 45.2 Å². The number of halogens is 1. The number of hydrogen-bond acceptors (Lipinski definition) is 4. The van der Waals surface area contributed by atoms with Crippen LogP contribution >= 0.6 is 35.3 Å². The van der Waals surface area contributed by atoms with Gasteiger partial charge < -0.3 is 19.9 Å². The van der Waals surface area contributed by atoms with Crippen molar-refractivity contribution in [3.63, 3.8) is 0 Å². The van der Waals surface area contributed by atoms with Crippen molar-refractivity contribution in [3.8, 4) is 5.75 Å². The van der Waals surface area contributed by atoms with E-state index in [9.17, 15) is 0 Å². The highest BCUT2D eigenvalue weighted by Crippen LogP contribution is 2.47. The van der Waals surface area contributed by atoms with Crippen LogP contribution in [0, 0.1) is 0 Å². The third-order valence-electron chi connectivity index (χ3n) is 5.75. The summed E-state index contributed by atoms with van der Waals surface area (Å²) in [4.78, 5) is 9.40. The molecule has 2 aliphatic rings. The topological polar surface area (TPSA) is 40.1 Å². The third kappa shape index (κ3) is 4.56. The Hall–Kier alpha value is -1.48. The first-order chi connectivity index (χ1) is 13.2. The molecule has 0 amide bonds. The molecule has 0 unspecified atom stereocenters. The number of anilines is 1. The van der Waals surface area contributed by atoms with Crippen LogP contribution in [0.25, 0.3) is 0 Å². The molecule has 7 heteroatoms. The van der Waals surface area contributed by atoms with Gasteiger partial charge in [0.05, 0.1) is 12.1 Å². The van der Waals surface area contributed by atoms with E-state index in [0.717, 1.165) is 44.4 Å². The molecular weight excluding hydrogens is 483 g/mol. The number of ether oxygens (including phenoxy) is 1. The summed E-state index contributed by atoms with van der Waals surface area (Å²) in [7, 11) is 3.60. The van der Waals surface area contributed by atoms with Gasteiger partial charge in [-0.15, -0.1) is 35.3 Å². The fourth-order valence-electron chi connectivity index (χ4n) is 3.83. The smallest absolute Gasteiger partial charge is 0.193 e. The van der Waals surface area contributed by atoms with E-state index < -0.39 is 0 Å². The number of guanidine groups is 1. The quantitative estimate of drug-likeness (QED) is 0.376. The summed E-state index contributed by atoms with van der Waals surface area (Å²) in [6, 6.07) is 12.9. The average molecular weight is 512 g/mol. The maximum absolute atomic E-state index is 5.29. The SMILES string of the molecule is CN=C(NCC1(c2ccc(OC)cc2)CC1)N1CCN(c2cccs2)CC1.I. The Kier molecular flexibility index (Phi) is 7.09. The molecule has 1 aromatic carbocycles. The van der Waals surface area contributed by atoms with Gasteiger partial charge >= 0.3 is 0 Å². The fourth-order valence-corrected chi connectivity index (χ4v) is 4.62. The van der Waals surface area contributed by atoms with Gasteiger partial charge in [0.25, 0.3) is 0 Å². The zero-order valence-electron chi connectivity index (χ0n) is 16.6. The number of thiophene rings is 1. The van der Waals surface area contributed by atoms with Crippen molar-refractivity contribution in [3.05, 3.63) is 47.3 Å². The molecule has 28 heavy (non-hydrogen) atoms. The van der Waals surface area contributed by atoms with E-state index in [-0.39, 0.29) is 29.4 Å². The van der Waals surface area contributed by atoms with Gasteiger partial charge in [0.2, 0.25) is 0 Å². The lowest BCUT2D eigenvalue weighted by Crippen LogP contribution is -2.53. The van der Waals surface area contributed by atoms with Gasteiger partial charge in [-0.1, -0.05) is 12.1 Å². The molecule has 1 saturated heterocycles. The molecule has 0 bridgehead atoms. The number of benzene rings is 1. The normalized spacial score (nSPS) is 18.4. The van der Waals surface area contributed by atoms with Crippen molar-refractivity contribution in [1.29, 1.82) is 0 Å². The summed E-state index contributed by atoms with van der Waals surface area (Å²) < 4.78 is 5.29. The van der Waals surface area contributed by atoms with Crippen LogP contribution in [0.5, 0.6) is 5.75 Å². The number of piperazine rings is 1. The molecule has 1 saturated carbocycles. The summed E-state index contributed by atoms with van der Waals surface area (Å²) >= 11 is 1.82. The van der Waals surface area contributed by atoms with Crippen molar-refractivity contribution in [2.75, 3.05) is 51.8 Å². The number of nitrogens with zero attached hydrogens (tertiary/aromatic N) is 3. The number of rotatable bonds is 5. The lowest BCUT2D eigenvalue weighted by Gasteiger charge is -2.37. The molecule has 1 aromatic heterocycles. The van der Waals surface area contributed by atoms with E-state index in [0.29, 0.717) is 0 Å². The first-order valence-corrected chi connectivity index (χ1v) is 10.5. The second-order valence-corrected chi connectivity index (χ2v) is 8.26. The minimum absolute atomic E-state index is 0. The van der Waals surface area contributed by atoms with Gasteiger partial charge in [-0.25, -0.2) is 0 Å². The van der Waals surface area contributed by atoms with Crippen LogP contribution in [-0.2, 0) is 5.41 Å².